The van der Waals surface area contributed by atoms with Crippen LogP contribution in [0.15, 0.2) is 18.2 Å². The van der Waals surface area contributed by atoms with Gasteiger partial charge in [-0.1, -0.05) is 32.0 Å². The molecule has 2 N–H and O–H groups in total. The largest absolute Gasteiger partial charge is 0.385 e. The van der Waals surface area contributed by atoms with Crippen LogP contribution in [-0.4, -0.2) is 12.6 Å². The first-order valence-electron chi connectivity index (χ1n) is 8.22. The zero-order valence-electron chi connectivity index (χ0n) is 13.0. The molecule has 1 saturated carbocycles. The Hall–Kier alpha value is -1.02. The molecule has 2 aliphatic rings. The van der Waals surface area contributed by atoms with Crippen LogP contribution in [0, 0.1) is 5.41 Å². The van der Waals surface area contributed by atoms with Crippen molar-refractivity contribution in [2.24, 2.45) is 5.41 Å². The summed E-state index contributed by atoms with van der Waals surface area (Å²) in [4.78, 5) is 0. The molecule has 1 fully saturated rings. The van der Waals surface area contributed by atoms with E-state index in [4.69, 9.17) is 0 Å². The van der Waals surface area contributed by atoms with Gasteiger partial charge in [-0.3, -0.25) is 0 Å². The minimum Gasteiger partial charge on any atom is -0.385 e. The van der Waals surface area contributed by atoms with Gasteiger partial charge in [0.1, 0.15) is 0 Å². The standard InChI is InChI=1S/C18H28N2/c1-18(2)10-8-16(9-11-18)20-13-15-6-3-5-14-7-4-12-19-17(14)15/h3,5-6,16,19-20H,4,7-13H2,1-2H3. The first-order chi connectivity index (χ1) is 9.64. The number of hydrogen-bond acceptors (Lipinski definition) is 2. The lowest BCUT2D eigenvalue weighted by Crippen LogP contribution is -2.35. The second-order valence-electron chi connectivity index (χ2n) is 7.30. The van der Waals surface area contributed by atoms with E-state index in [-0.39, 0.29) is 0 Å². The zero-order chi connectivity index (χ0) is 14.0. The molecule has 2 heteroatoms. The smallest absolute Gasteiger partial charge is 0.0418 e. The second kappa shape index (κ2) is 5.77. The van der Waals surface area contributed by atoms with Gasteiger partial charge in [0, 0.05) is 24.8 Å². The number of fused-ring (bicyclic) bond motifs is 1. The topological polar surface area (TPSA) is 24.1 Å². The highest BCUT2D eigenvalue weighted by atomic mass is 14.9. The number of benzene rings is 1. The first-order valence-corrected chi connectivity index (χ1v) is 8.22. The zero-order valence-corrected chi connectivity index (χ0v) is 13.0. The Morgan fingerprint density at radius 3 is 2.85 bits per heavy atom. The van der Waals surface area contributed by atoms with E-state index in [2.05, 4.69) is 42.7 Å². The van der Waals surface area contributed by atoms with E-state index >= 15 is 0 Å². The fraction of sp³-hybridized carbons (Fsp3) is 0.667. The summed E-state index contributed by atoms with van der Waals surface area (Å²) >= 11 is 0. The molecular weight excluding hydrogens is 244 g/mol. The highest BCUT2D eigenvalue weighted by Gasteiger charge is 2.26. The van der Waals surface area contributed by atoms with E-state index in [9.17, 15) is 0 Å². The van der Waals surface area contributed by atoms with E-state index in [1.807, 2.05) is 0 Å². The molecule has 1 aromatic carbocycles. The fourth-order valence-electron chi connectivity index (χ4n) is 3.59. The van der Waals surface area contributed by atoms with Gasteiger partial charge < -0.3 is 10.6 Å². The van der Waals surface area contributed by atoms with Crippen molar-refractivity contribution in [2.75, 3.05) is 11.9 Å². The monoisotopic (exact) mass is 272 g/mol. The summed E-state index contributed by atoms with van der Waals surface area (Å²) in [5, 5.41) is 7.38. The van der Waals surface area contributed by atoms with E-state index in [0.29, 0.717) is 11.5 Å². The van der Waals surface area contributed by atoms with Crippen molar-refractivity contribution < 1.29 is 0 Å². The van der Waals surface area contributed by atoms with Crippen molar-refractivity contribution >= 4 is 5.69 Å². The quantitative estimate of drug-likeness (QED) is 0.865. The summed E-state index contributed by atoms with van der Waals surface area (Å²) in [6, 6.07) is 7.47. The molecular formula is C18H28N2. The van der Waals surface area contributed by atoms with Gasteiger partial charge in [0.2, 0.25) is 0 Å². The molecule has 110 valence electrons. The molecule has 0 unspecified atom stereocenters. The third kappa shape index (κ3) is 3.17. The SMILES string of the molecule is CC1(C)CCC(NCc2cccc3c2NCCC3)CC1. The molecule has 0 aromatic heterocycles. The second-order valence-corrected chi connectivity index (χ2v) is 7.30. The summed E-state index contributed by atoms with van der Waals surface area (Å²) in [6.45, 7) is 6.95. The molecule has 0 radical (unpaired) electrons. The van der Waals surface area contributed by atoms with Gasteiger partial charge in [0.15, 0.2) is 0 Å². The van der Waals surface area contributed by atoms with E-state index in [1.54, 1.807) is 0 Å². The van der Waals surface area contributed by atoms with E-state index < -0.39 is 0 Å². The molecule has 3 rings (SSSR count). The number of anilines is 1. The number of aryl methyl sites for hydroxylation is 1. The van der Waals surface area contributed by atoms with Crippen LogP contribution < -0.4 is 10.6 Å². The van der Waals surface area contributed by atoms with Gasteiger partial charge >= 0.3 is 0 Å². The van der Waals surface area contributed by atoms with Gasteiger partial charge in [-0.05, 0) is 55.1 Å². The lowest BCUT2D eigenvalue weighted by Gasteiger charge is -2.35. The van der Waals surface area contributed by atoms with Crippen LogP contribution in [-0.2, 0) is 13.0 Å². The van der Waals surface area contributed by atoms with Crippen LogP contribution in [0.25, 0.3) is 0 Å². The number of para-hydroxylation sites is 1. The molecule has 0 saturated heterocycles. The molecule has 1 heterocycles. The Morgan fingerprint density at radius 2 is 2.05 bits per heavy atom. The Bertz CT molecular complexity index is 454. The van der Waals surface area contributed by atoms with Crippen molar-refractivity contribution in [1.29, 1.82) is 0 Å². The third-order valence-electron chi connectivity index (χ3n) is 5.08. The van der Waals surface area contributed by atoms with Crippen LogP contribution >= 0.6 is 0 Å². The van der Waals surface area contributed by atoms with Gasteiger partial charge in [-0.25, -0.2) is 0 Å². The lowest BCUT2D eigenvalue weighted by atomic mass is 9.75. The van der Waals surface area contributed by atoms with Crippen molar-refractivity contribution in [2.45, 2.75) is 65.0 Å². The molecule has 1 aliphatic carbocycles. The van der Waals surface area contributed by atoms with Crippen molar-refractivity contribution in [3.63, 3.8) is 0 Å². The Labute approximate surface area is 123 Å². The molecule has 1 aromatic rings. The third-order valence-corrected chi connectivity index (χ3v) is 5.08. The normalized spacial score (nSPS) is 22.1. The highest BCUT2D eigenvalue weighted by molar-refractivity contribution is 5.59. The Balaban J connectivity index is 1.59. The molecule has 0 amide bonds. The van der Waals surface area contributed by atoms with Gasteiger partial charge in [-0.15, -0.1) is 0 Å². The maximum absolute atomic E-state index is 3.79. The Kier molecular flexibility index (Phi) is 4.02. The average Bonchev–Trinajstić information content (AvgIpc) is 2.46. The van der Waals surface area contributed by atoms with Gasteiger partial charge in [-0.2, -0.15) is 0 Å². The summed E-state index contributed by atoms with van der Waals surface area (Å²) < 4.78 is 0. The number of rotatable bonds is 3. The van der Waals surface area contributed by atoms with Crippen LogP contribution in [0.2, 0.25) is 0 Å². The Morgan fingerprint density at radius 1 is 1.25 bits per heavy atom. The number of nitrogens with one attached hydrogen (secondary N) is 2. The minimum absolute atomic E-state index is 0.561. The van der Waals surface area contributed by atoms with Crippen molar-refractivity contribution in [1.82, 2.24) is 5.32 Å². The van der Waals surface area contributed by atoms with Crippen LogP contribution in [0.3, 0.4) is 0 Å². The van der Waals surface area contributed by atoms with Crippen LogP contribution in [0.4, 0.5) is 5.69 Å². The predicted molar refractivity (Wildman–Crippen MR) is 86.1 cm³/mol. The number of hydrogen-bond donors (Lipinski definition) is 2. The minimum atomic E-state index is 0.561. The molecule has 0 bridgehead atoms. The first kappa shape index (κ1) is 13.9. The summed E-state index contributed by atoms with van der Waals surface area (Å²) in [5.41, 5.74) is 4.92. The molecule has 0 atom stereocenters. The van der Waals surface area contributed by atoms with Crippen LogP contribution in [0.1, 0.15) is 57.1 Å². The van der Waals surface area contributed by atoms with Crippen molar-refractivity contribution in [3.05, 3.63) is 29.3 Å². The van der Waals surface area contributed by atoms with E-state index in [1.165, 1.54) is 55.3 Å². The molecule has 0 spiro atoms. The van der Waals surface area contributed by atoms with Crippen LogP contribution in [0.5, 0.6) is 0 Å². The molecule has 2 nitrogen and oxygen atoms in total. The van der Waals surface area contributed by atoms with E-state index in [0.717, 1.165) is 13.1 Å². The molecule has 20 heavy (non-hydrogen) atoms. The predicted octanol–water partition coefficient (Wildman–Crippen LogP) is 4.10. The maximum atomic E-state index is 3.79. The van der Waals surface area contributed by atoms with Crippen molar-refractivity contribution in [3.8, 4) is 0 Å². The maximum Gasteiger partial charge on any atom is 0.0418 e. The average molecular weight is 272 g/mol. The summed E-state index contributed by atoms with van der Waals surface area (Å²) in [5.74, 6) is 0. The summed E-state index contributed by atoms with van der Waals surface area (Å²) in [6.07, 6.45) is 7.87. The highest BCUT2D eigenvalue weighted by Crippen LogP contribution is 2.35. The fourth-order valence-corrected chi connectivity index (χ4v) is 3.59. The molecule has 1 aliphatic heterocycles. The van der Waals surface area contributed by atoms with Gasteiger partial charge in [0.25, 0.3) is 0 Å². The summed E-state index contributed by atoms with van der Waals surface area (Å²) in [7, 11) is 0. The lowest BCUT2D eigenvalue weighted by molar-refractivity contribution is 0.206. The van der Waals surface area contributed by atoms with Gasteiger partial charge in [0.05, 0.1) is 0 Å².